The molecule has 5 rings (SSSR count). The summed E-state index contributed by atoms with van der Waals surface area (Å²) in [4.78, 5) is 19.5. The van der Waals surface area contributed by atoms with Gasteiger partial charge in [-0.2, -0.15) is 0 Å². The summed E-state index contributed by atoms with van der Waals surface area (Å²) in [5.74, 6) is 0.166. The molecule has 0 aliphatic carbocycles. The van der Waals surface area contributed by atoms with Crippen molar-refractivity contribution in [3.8, 4) is 0 Å². The van der Waals surface area contributed by atoms with Gasteiger partial charge < -0.3 is 4.90 Å². The molecule has 1 aromatic heterocycles. The minimum atomic E-state index is -0.323. The normalized spacial score (nSPS) is 22.4. The third-order valence-electron chi connectivity index (χ3n) is 5.32. The second kappa shape index (κ2) is 4.42. The minimum Gasteiger partial charge on any atom is -0.325 e. The van der Waals surface area contributed by atoms with E-state index in [4.69, 9.17) is 0 Å². The maximum Gasteiger partial charge on any atom is 0.255 e. The highest BCUT2D eigenvalue weighted by Crippen LogP contribution is 2.52. The molecule has 2 aromatic carbocycles. The number of benzene rings is 2. The summed E-state index contributed by atoms with van der Waals surface area (Å²) >= 11 is 0. The van der Waals surface area contributed by atoms with Crippen LogP contribution in [0.2, 0.25) is 0 Å². The van der Waals surface area contributed by atoms with E-state index in [-0.39, 0.29) is 11.4 Å². The summed E-state index contributed by atoms with van der Waals surface area (Å²) in [5, 5.41) is 1.14. The van der Waals surface area contributed by atoms with Crippen LogP contribution in [0.5, 0.6) is 0 Å². The largest absolute Gasteiger partial charge is 0.325 e. The van der Waals surface area contributed by atoms with Crippen LogP contribution < -0.4 is 0 Å². The molecule has 3 nitrogen and oxygen atoms in total. The third-order valence-corrected chi connectivity index (χ3v) is 5.32. The zero-order chi connectivity index (χ0) is 15.4. The molecule has 3 heterocycles. The lowest BCUT2D eigenvalue weighted by molar-refractivity contribution is 0.0713. The predicted molar refractivity (Wildman–Crippen MR) is 89.2 cm³/mol. The van der Waals surface area contributed by atoms with E-state index in [1.807, 2.05) is 36.5 Å². The molecular weight excluding hydrogens is 284 g/mol. The number of aromatic nitrogens is 1. The van der Waals surface area contributed by atoms with E-state index in [1.165, 1.54) is 5.56 Å². The average Bonchev–Trinajstić information content (AvgIpc) is 3.14. The lowest BCUT2D eigenvalue weighted by atomic mass is 9.80. The molecule has 0 bridgehead atoms. The molecule has 3 aromatic rings. The van der Waals surface area contributed by atoms with Crippen molar-refractivity contribution < 1.29 is 4.79 Å². The number of amides is 1. The maximum absolute atomic E-state index is 12.9. The highest BCUT2D eigenvalue weighted by Gasteiger charge is 2.53. The van der Waals surface area contributed by atoms with Crippen LogP contribution in [0.15, 0.2) is 60.8 Å². The SMILES string of the molecule is O=C1c2ccccc2C2(c3cccc4ncccc34)CCCN12. The van der Waals surface area contributed by atoms with E-state index in [2.05, 4.69) is 34.1 Å². The predicted octanol–water partition coefficient (Wildman–Crippen LogP) is 3.73. The minimum absolute atomic E-state index is 0.166. The Morgan fingerprint density at radius 2 is 1.83 bits per heavy atom. The second-order valence-corrected chi connectivity index (χ2v) is 6.34. The number of rotatable bonds is 1. The number of carbonyl (C=O) groups excluding carboxylic acids is 1. The summed E-state index contributed by atoms with van der Waals surface area (Å²) in [6.07, 6.45) is 3.84. The van der Waals surface area contributed by atoms with Crippen LogP contribution in [-0.2, 0) is 5.54 Å². The Morgan fingerprint density at radius 1 is 0.957 bits per heavy atom. The van der Waals surface area contributed by atoms with Crippen LogP contribution >= 0.6 is 0 Å². The molecule has 0 radical (unpaired) electrons. The highest BCUT2D eigenvalue weighted by atomic mass is 16.2. The summed E-state index contributed by atoms with van der Waals surface area (Å²) in [7, 11) is 0. The van der Waals surface area contributed by atoms with E-state index >= 15 is 0 Å². The molecule has 1 fully saturated rings. The molecule has 0 saturated carbocycles. The van der Waals surface area contributed by atoms with Gasteiger partial charge in [-0.25, -0.2) is 0 Å². The van der Waals surface area contributed by atoms with Gasteiger partial charge in [0.25, 0.3) is 5.91 Å². The Hall–Kier alpha value is -2.68. The Labute approximate surface area is 134 Å². The fourth-order valence-corrected chi connectivity index (χ4v) is 4.44. The van der Waals surface area contributed by atoms with E-state index in [0.29, 0.717) is 0 Å². The van der Waals surface area contributed by atoms with E-state index in [9.17, 15) is 4.79 Å². The summed E-state index contributed by atoms with van der Waals surface area (Å²) in [6.45, 7) is 0.824. The van der Waals surface area contributed by atoms with Crippen LogP contribution in [0.3, 0.4) is 0 Å². The molecule has 1 unspecified atom stereocenters. The fourth-order valence-electron chi connectivity index (χ4n) is 4.44. The molecule has 2 aliphatic rings. The first-order valence-corrected chi connectivity index (χ1v) is 8.08. The molecule has 0 N–H and O–H groups in total. The first kappa shape index (κ1) is 12.8. The number of hydrogen-bond acceptors (Lipinski definition) is 2. The van der Waals surface area contributed by atoms with Crippen LogP contribution in [0.25, 0.3) is 10.9 Å². The van der Waals surface area contributed by atoms with Crippen LogP contribution in [-0.4, -0.2) is 22.3 Å². The molecular formula is C20H16N2O. The standard InChI is InChI=1S/C20H16N2O/c23-19-15-6-1-2-8-17(15)20(11-5-13-22(19)20)16-9-3-10-18-14(16)7-4-12-21-18/h1-4,6-10,12H,5,11,13H2. The van der Waals surface area contributed by atoms with Gasteiger partial charge in [-0.15, -0.1) is 0 Å². The fraction of sp³-hybridized carbons (Fsp3) is 0.200. The van der Waals surface area contributed by atoms with Gasteiger partial charge in [0.1, 0.15) is 0 Å². The van der Waals surface area contributed by atoms with Crippen molar-refractivity contribution in [3.63, 3.8) is 0 Å². The summed E-state index contributed by atoms with van der Waals surface area (Å²) < 4.78 is 0. The second-order valence-electron chi connectivity index (χ2n) is 6.34. The van der Waals surface area contributed by atoms with Gasteiger partial charge >= 0.3 is 0 Å². The van der Waals surface area contributed by atoms with Crippen molar-refractivity contribution >= 4 is 16.8 Å². The first-order valence-electron chi connectivity index (χ1n) is 8.08. The Morgan fingerprint density at radius 3 is 2.78 bits per heavy atom. The highest BCUT2D eigenvalue weighted by molar-refractivity contribution is 6.02. The first-order chi connectivity index (χ1) is 11.3. The number of fused-ring (bicyclic) bond motifs is 4. The Balaban J connectivity index is 1.89. The van der Waals surface area contributed by atoms with Gasteiger partial charge in [0.05, 0.1) is 11.1 Å². The molecule has 112 valence electrons. The van der Waals surface area contributed by atoms with Gasteiger partial charge in [-0.1, -0.05) is 36.4 Å². The average molecular weight is 300 g/mol. The van der Waals surface area contributed by atoms with E-state index in [1.54, 1.807) is 0 Å². The lowest BCUT2D eigenvalue weighted by Gasteiger charge is -2.34. The van der Waals surface area contributed by atoms with Gasteiger partial charge in [0, 0.05) is 23.7 Å². The smallest absolute Gasteiger partial charge is 0.255 e. The number of pyridine rings is 1. The van der Waals surface area contributed by atoms with Crippen molar-refractivity contribution in [2.45, 2.75) is 18.4 Å². The molecule has 1 amide bonds. The molecule has 1 atom stereocenters. The third kappa shape index (κ3) is 1.49. The van der Waals surface area contributed by atoms with E-state index in [0.717, 1.165) is 41.4 Å². The van der Waals surface area contributed by atoms with Crippen LogP contribution in [0.4, 0.5) is 0 Å². The van der Waals surface area contributed by atoms with Gasteiger partial charge in [0.15, 0.2) is 0 Å². The van der Waals surface area contributed by atoms with Crippen molar-refractivity contribution in [3.05, 3.63) is 77.5 Å². The quantitative estimate of drug-likeness (QED) is 0.686. The van der Waals surface area contributed by atoms with Gasteiger partial charge in [-0.3, -0.25) is 9.78 Å². The summed E-state index contributed by atoms with van der Waals surface area (Å²) in [6, 6.07) is 18.4. The lowest BCUT2D eigenvalue weighted by Crippen LogP contribution is -2.39. The number of nitrogens with zero attached hydrogens (tertiary/aromatic N) is 2. The van der Waals surface area contributed by atoms with Gasteiger partial charge in [0.2, 0.25) is 0 Å². The monoisotopic (exact) mass is 300 g/mol. The number of hydrogen-bond donors (Lipinski definition) is 0. The van der Waals surface area contributed by atoms with Crippen molar-refractivity contribution in [1.29, 1.82) is 0 Å². The van der Waals surface area contributed by atoms with Crippen molar-refractivity contribution in [2.75, 3.05) is 6.54 Å². The van der Waals surface area contributed by atoms with Crippen LogP contribution in [0.1, 0.15) is 34.3 Å². The zero-order valence-electron chi connectivity index (χ0n) is 12.7. The Kier molecular flexibility index (Phi) is 2.46. The molecule has 0 spiro atoms. The van der Waals surface area contributed by atoms with Gasteiger partial charge in [-0.05, 0) is 42.2 Å². The van der Waals surface area contributed by atoms with E-state index < -0.39 is 0 Å². The van der Waals surface area contributed by atoms with Crippen molar-refractivity contribution in [1.82, 2.24) is 9.88 Å². The Bertz CT molecular complexity index is 944. The molecule has 2 aliphatic heterocycles. The zero-order valence-corrected chi connectivity index (χ0v) is 12.7. The molecule has 3 heteroatoms. The van der Waals surface area contributed by atoms with Crippen LogP contribution in [0, 0.1) is 0 Å². The topological polar surface area (TPSA) is 33.2 Å². The number of carbonyl (C=O) groups is 1. The molecule has 23 heavy (non-hydrogen) atoms. The summed E-state index contributed by atoms with van der Waals surface area (Å²) in [5.41, 5.74) is 3.88. The maximum atomic E-state index is 12.9. The molecule has 1 saturated heterocycles. The van der Waals surface area contributed by atoms with Crippen molar-refractivity contribution in [2.24, 2.45) is 0 Å².